The van der Waals surface area contributed by atoms with Crippen molar-refractivity contribution in [2.45, 2.75) is 32.6 Å². The van der Waals surface area contributed by atoms with E-state index in [1.54, 1.807) is 18.2 Å². The predicted molar refractivity (Wildman–Crippen MR) is 68.5 cm³/mol. The Morgan fingerprint density at radius 3 is 2.76 bits per heavy atom. The highest BCUT2D eigenvalue weighted by molar-refractivity contribution is 5.88. The van der Waals surface area contributed by atoms with Crippen LogP contribution >= 0.6 is 0 Å². The summed E-state index contributed by atoms with van der Waals surface area (Å²) in [6.45, 7) is 3.23. The molecule has 0 aliphatic heterocycles. The van der Waals surface area contributed by atoms with Gasteiger partial charge in [0.1, 0.15) is 0 Å². The number of hydrogen-bond acceptors (Lipinski definition) is 2. The van der Waals surface area contributed by atoms with Crippen molar-refractivity contribution in [2.75, 3.05) is 11.9 Å². The molecule has 0 spiro atoms. The topological polar surface area (TPSA) is 49.3 Å². The van der Waals surface area contributed by atoms with E-state index in [-0.39, 0.29) is 0 Å². The molecule has 0 unspecified atom stereocenters. The number of benzene rings is 1. The van der Waals surface area contributed by atoms with Gasteiger partial charge in [0.25, 0.3) is 0 Å². The van der Waals surface area contributed by atoms with Gasteiger partial charge in [0, 0.05) is 12.2 Å². The van der Waals surface area contributed by atoms with Crippen molar-refractivity contribution < 1.29 is 9.90 Å². The molecule has 1 aliphatic rings. The SMILES string of the molecule is CC1(CNc2cccc(C(=O)O)c2)CCCC1. The summed E-state index contributed by atoms with van der Waals surface area (Å²) in [5, 5.41) is 12.3. The number of hydrogen-bond donors (Lipinski definition) is 2. The van der Waals surface area contributed by atoms with E-state index in [4.69, 9.17) is 5.11 Å². The zero-order valence-corrected chi connectivity index (χ0v) is 10.2. The van der Waals surface area contributed by atoms with Gasteiger partial charge in [-0.1, -0.05) is 25.8 Å². The molecule has 1 aliphatic carbocycles. The third-order valence-corrected chi connectivity index (χ3v) is 3.64. The van der Waals surface area contributed by atoms with Gasteiger partial charge in [-0.3, -0.25) is 0 Å². The van der Waals surface area contributed by atoms with Gasteiger partial charge < -0.3 is 10.4 Å². The lowest BCUT2D eigenvalue weighted by atomic mass is 9.89. The van der Waals surface area contributed by atoms with Crippen LogP contribution in [0.25, 0.3) is 0 Å². The highest BCUT2D eigenvalue weighted by Gasteiger charge is 2.28. The van der Waals surface area contributed by atoms with Crippen LogP contribution in [-0.2, 0) is 0 Å². The number of nitrogens with one attached hydrogen (secondary N) is 1. The van der Waals surface area contributed by atoms with Crippen LogP contribution in [0.5, 0.6) is 0 Å². The second-order valence-electron chi connectivity index (χ2n) is 5.26. The first-order chi connectivity index (χ1) is 8.09. The number of carboxylic acid groups (broad SMARTS) is 1. The van der Waals surface area contributed by atoms with Crippen molar-refractivity contribution >= 4 is 11.7 Å². The third kappa shape index (κ3) is 2.99. The molecule has 92 valence electrons. The molecule has 3 nitrogen and oxygen atoms in total. The molecule has 1 aromatic carbocycles. The molecule has 1 saturated carbocycles. The fraction of sp³-hybridized carbons (Fsp3) is 0.500. The fourth-order valence-corrected chi connectivity index (χ4v) is 2.48. The van der Waals surface area contributed by atoms with E-state index in [2.05, 4.69) is 12.2 Å². The van der Waals surface area contributed by atoms with E-state index in [0.29, 0.717) is 11.0 Å². The minimum absolute atomic E-state index is 0.339. The molecule has 3 heteroatoms. The first-order valence-corrected chi connectivity index (χ1v) is 6.16. The van der Waals surface area contributed by atoms with Crippen molar-refractivity contribution in [1.29, 1.82) is 0 Å². The zero-order valence-electron chi connectivity index (χ0n) is 10.2. The lowest BCUT2D eigenvalue weighted by Crippen LogP contribution is -2.23. The Morgan fingerprint density at radius 1 is 1.41 bits per heavy atom. The molecule has 17 heavy (non-hydrogen) atoms. The van der Waals surface area contributed by atoms with Gasteiger partial charge in [0.15, 0.2) is 0 Å². The molecular weight excluding hydrogens is 214 g/mol. The number of aromatic carboxylic acids is 1. The average Bonchev–Trinajstić information content (AvgIpc) is 2.75. The van der Waals surface area contributed by atoms with Crippen molar-refractivity contribution in [3.8, 4) is 0 Å². The highest BCUT2D eigenvalue weighted by Crippen LogP contribution is 2.37. The Bertz CT molecular complexity index is 408. The number of rotatable bonds is 4. The van der Waals surface area contributed by atoms with Crippen molar-refractivity contribution in [3.05, 3.63) is 29.8 Å². The van der Waals surface area contributed by atoms with E-state index in [1.165, 1.54) is 25.7 Å². The molecule has 0 heterocycles. The summed E-state index contributed by atoms with van der Waals surface area (Å²) in [5.41, 5.74) is 1.61. The van der Waals surface area contributed by atoms with Crippen LogP contribution in [-0.4, -0.2) is 17.6 Å². The minimum atomic E-state index is -0.874. The van der Waals surface area contributed by atoms with Crippen molar-refractivity contribution in [3.63, 3.8) is 0 Å². The Hall–Kier alpha value is -1.51. The maximum atomic E-state index is 10.8. The van der Waals surface area contributed by atoms with E-state index in [1.807, 2.05) is 6.07 Å². The second-order valence-corrected chi connectivity index (χ2v) is 5.26. The highest BCUT2D eigenvalue weighted by atomic mass is 16.4. The average molecular weight is 233 g/mol. The normalized spacial score (nSPS) is 17.9. The standard InChI is InChI=1S/C14H19NO2/c1-14(7-2-3-8-14)10-15-12-6-4-5-11(9-12)13(16)17/h4-6,9,15H,2-3,7-8,10H2,1H3,(H,16,17). The van der Waals surface area contributed by atoms with Crippen molar-refractivity contribution in [2.24, 2.45) is 5.41 Å². The first-order valence-electron chi connectivity index (χ1n) is 6.16. The van der Waals surface area contributed by atoms with E-state index in [0.717, 1.165) is 12.2 Å². The molecule has 0 aromatic heterocycles. The molecule has 2 N–H and O–H groups in total. The Balaban J connectivity index is 1.99. The van der Waals surface area contributed by atoms with Crippen LogP contribution in [0.2, 0.25) is 0 Å². The molecule has 1 aromatic rings. The number of carbonyl (C=O) groups is 1. The largest absolute Gasteiger partial charge is 0.478 e. The van der Waals surface area contributed by atoms with Gasteiger partial charge in [0.05, 0.1) is 5.56 Å². The van der Waals surface area contributed by atoms with Crippen LogP contribution in [0.1, 0.15) is 43.0 Å². The van der Waals surface area contributed by atoms with Crippen LogP contribution in [0.3, 0.4) is 0 Å². The summed E-state index contributed by atoms with van der Waals surface area (Å²) in [6.07, 6.45) is 5.15. The van der Waals surface area contributed by atoms with Crippen LogP contribution in [0, 0.1) is 5.41 Å². The van der Waals surface area contributed by atoms with Crippen LogP contribution < -0.4 is 5.32 Å². The predicted octanol–water partition coefficient (Wildman–Crippen LogP) is 3.38. The van der Waals surface area contributed by atoms with Crippen molar-refractivity contribution in [1.82, 2.24) is 0 Å². The summed E-state index contributed by atoms with van der Waals surface area (Å²) in [5.74, 6) is -0.874. The maximum Gasteiger partial charge on any atom is 0.335 e. The molecule has 0 atom stereocenters. The lowest BCUT2D eigenvalue weighted by Gasteiger charge is -2.24. The van der Waals surface area contributed by atoms with Crippen LogP contribution in [0.15, 0.2) is 24.3 Å². The summed E-state index contributed by atoms with van der Waals surface area (Å²) < 4.78 is 0. The minimum Gasteiger partial charge on any atom is -0.478 e. The van der Waals surface area contributed by atoms with Gasteiger partial charge in [-0.2, -0.15) is 0 Å². The summed E-state index contributed by atoms with van der Waals surface area (Å²) in [6, 6.07) is 7.01. The smallest absolute Gasteiger partial charge is 0.335 e. The Kier molecular flexibility index (Phi) is 3.36. The molecule has 0 amide bonds. The van der Waals surface area contributed by atoms with Gasteiger partial charge >= 0.3 is 5.97 Å². The van der Waals surface area contributed by atoms with Crippen LogP contribution in [0.4, 0.5) is 5.69 Å². The van der Waals surface area contributed by atoms with Gasteiger partial charge in [-0.05, 0) is 36.5 Å². The lowest BCUT2D eigenvalue weighted by molar-refractivity contribution is 0.0697. The fourth-order valence-electron chi connectivity index (χ4n) is 2.48. The number of carboxylic acids is 1. The molecular formula is C14H19NO2. The quantitative estimate of drug-likeness (QED) is 0.838. The Labute approximate surface area is 102 Å². The van der Waals surface area contributed by atoms with E-state index < -0.39 is 5.97 Å². The monoisotopic (exact) mass is 233 g/mol. The van der Waals surface area contributed by atoms with Gasteiger partial charge in [-0.15, -0.1) is 0 Å². The maximum absolute atomic E-state index is 10.8. The Morgan fingerprint density at radius 2 is 2.12 bits per heavy atom. The molecule has 2 rings (SSSR count). The van der Waals surface area contributed by atoms with Gasteiger partial charge in [0.2, 0.25) is 0 Å². The van der Waals surface area contributed by atoms with Gasteiger partial charge in [-0.25, -0.2) is 4.79 Å². The summed E-state index contributed by atoms with van der Waals surface area (Å²) >= 11 is 0. The molecule has 0 bridgehead atoms. The van der Waals surface area contributed by atoms with E-state index >= 15 is 0 Å². The number of anilines is 1. The summed E-state index contributed by atoms with van der Waals surface area (Å²) in [7, 11) is 0. The first kappa shape index (κ1) is 12.0. The molecule has 0 saturated heterocycles. The van der Waals surface area contributed by atoms with E-state index in [9.17, 15) is 4.79 Å². The second kappa shape index (κ2) is 4.78. The third-order valence-electron chi connectivity index (χ3n) is 3.64. The zero-order chi connectivity index (χ0) is 12.3. The summed E-state index contributed by atoms with van der Waals surface area (Å²) in [4.78, 5) is 10.8. The molecule has 1 fully saturated rings. The molecule has 0 radical (unpaired) electrons.